The van der Waals surface area contributed by atoms with Gasteiger partial charge < -0.3 is 0 Å². The highest BCUT2D eigenvalue weighted by Gasteiger charge is 2.08. The molecule has 0 aliphatic heterocycles. The van der Waals surface area contributed by atoms with Crippen LogP contribution in [0.3, 0.4) is 0 Å². The van der Waals surface area contributed by atoms with Gasteiger partial charge in [-0.2, -0.15) is 0 Å². The number of aromatic nitrogens is 6. The van der Waals surface area contributed by atoms with Crippen molar-refractivity contribution in [2.24, 2.45) is 0 Å². The molecule has 0 spiro atoms. The van der Waals surface area contributed by atoms with Crippen LogP contribution in [0.1, 0.15) is 45.0 Å². The minimum absolute atomic E-state index is 0.752. The first-order chi connectivity index (χ1) is 18.8. The van der Waals surface area contributed by atoms with Crippen molar-refractivity contribution in [2.75, 3.05) is 0 Å². The molecule has 0 bridgehead atoms. The molecule has 0 atom stereocenters. The summed E-state index contributed by atoms with van der Waals surface area (Å²) in [6.45, 7) is 0. The third-order valence-electron chi connectivity index (χ3n) is 5.57. The van der Waals surface area contributed by atoms with E-state index in [0.717, 1.165) is 45.0 Å². The van der Waals surface area contributed by atoms with Gasteiger partial charge in [-0.05, 0) is 95.1 Å². The topological polar surface area (TPSA) is 77.3 Å². The number of hydrogen-bond acceptors (Lipinski definition) is 6. The van der Waals surface area contributed by atoms with E-state index in [0.29, 0.717) is 0 Å². The van der Waals surface area contributed by atoms with E-state index in [-0.39, 0.29) is 0 Å². The Morgan fingerprint density at radius 1 is 0.289 bits per heavy atom. The Balaban J connectivity index is 1.60. The second kappa shape index (κ2) is 12.6. The summed E-state index contributed by atoms with van der Waals surface area (Å²) >= 11 is 0. The van der Waals surface area contributed by atoms with Gasteiger partial charge in [-0.15, -0.1) is 0 Å². The van der Waals surface area contributed by atoms with Crippen LogP contribution in [0.5, 0.6) is 0 Å². The van der Waals surface area contributed by atoms with Crippen LogP contribution >= 0.6 is 0 Å². The average Bonchev–Trinajstić information content (AvgIpc) is 2.99. The molecule has 38 heavy (non-hydrogen) atoms. The largest absolute Gasteiger partial charge is 0.265 e. The Morgan fingerprint density at radius 2 is 0.500 bits per heavy atom. The van der Waals surface area contributed by atoms with Crippen LogP contribution in [0, 0.1) is 0 Å². The van der Waals surface area contributed by atoms with E-state index in [9.17, 15) is 0 Å². The van der Waals surface area contributed by atoms with Gasteiger partial charge in [0.05, 0.1) is 22.8 Å². The number of hydrogen-bond donors (Lipinski definition) is 0. The predicted molar refractivity (Wildman–Crippen MR) is 155 cm³/mol. The van der Waals surface area contributed by atoms with Gasteiger partial charge in [0.15, 0.2) is 0 Å². The van der Waals surface area contributed by atoms with Crippen molar-refractivity contribution in [1.82, 2.24) is 29.9 Å². The van der Waals surface area contributed by atoms with Crippen LogP contribution < -0.4 is 0 Å². The molecule has 182 valence electrons. The van der Waals surface area contributed by atoms with E-state index >= 15 is 0 Å². The van der Waals surface area contributed by atoms with Gasteiger partial charge in [0.25, 0.3) is 0 Å². The van der Waals surface area contributed by atoms with Crippen LogP contribution in [-0.4, -0.2) is 29.9 Å². The molecule has 0 radical (unpaired) electrons. The highest BCUT2D eigenvalue weighted by Crippen LogP contribution is 2.20. The molecule has 5 aromatic rings. The van der Waals surface area contributed by atoms with Crippen LogP contribution in [0.4, 0.5) is 0 Å². The van der Waals surface area contributed by atoms with Gasteiger partial charge in [0.1, 0.15) is 0 Å². The van der Waals surface area contributed by atoms with Crippen LogP contribution in [0.25, 0.3) is 48.6 Å². The lowest BCUT2D eigenvalue weighted by Gasteiger charge is -2.07. The van der Waals surface area contributed by atoms with E-state index < -0.39 is 0 Å². The van der Waals surface area contributed by atoms with E-state index in [1.165, 1.54) is 0 Å². The molecule has 0 aliphatic rings. The van der Waals surface area contributed by atoms with Gasteiger partial charge in [0.2, 0.25) is 0 Å². The Labute approximate surface area is 221 Å². The Kier molecular flexibility index (Phi) is 8.04. The summed E-state index contributed by atoms with van der Waals surface area (Å²) in [5, 5.41) is 0. The zero-order valence-electron chi connectivity index (χ0n) is 20.5. The SMILES string of the molecule is C(=Cc1nc(C=Cc2ccncc2)c(C=Cc2ccncc2)nc1C=Cc1ccncc1)c1ccncc1. The summed E-state index contributed by atoms with van der Waals surface area (Å²) in [7, 11) is 0. The van der Waals surface area contributed by atoms with Crippen molar-refractivity contribution in [3.8, 4) is 0 Å². The lowest BCUT2D eigenvalue weighted by molar-refractivity contribution is 1.12. The van der Waals surface area contributed by atoms with Gasteiger partial charge in [-0.3, -0.25) is 19.9 Å². The second-order valence-corrected chi connectivity index (χ2v) is 8.22. The second-order valence-electron chi connectivity index (χ2n) is 8.22. The van der Waals surface area contributed by atoms with Gasteiger partial charge in [-0.1, -0.05) is 24.3 Å². The highest BCUT2D eigenvalue weighted by atomic mass is 14.8. The Morgan fingerprint density at radius 3 is 0.711 bits per heavy atom. The highest BCUT2D eigenvalue weighted by molar-refractivity contribution is 5.81. The first kappa shape index (κ1) is 24.3. The molecule has 0 saturated carbocycles. The van der Waals surface area contributed by atoms with Crippen molar-refractivity contribution < 1.29 is 0 Å². The first-order valence-electron chi connectivity index (χ1n) is 12.1. The molecule has 6 nitrogen and oxygen atoms in total. The minimum atomic E-state index is 0.752. The number of nitrogens with zero attached hydrogens (tertiary/aromatic N) is 6. The average molecular weight is 493 g/mol. The molecule has 0 N–H and O–H groups in total. The molecule has 0 unspecified atom stereocenters. The van der Waals surface area contributed by atoms with Crippen molar-refractivity contribution in [3.63, 3.8) is 0 Å². The van der Waals surface area contributed by atoms with Gasteiger partial charge in [0, 0.05) is 49.6 Å². The van der Waals surface area contributed by atoms with Gasteiger partial charge in [-0.25, -0.2) is 9.97 Å². The summed E-state index contributed by atoms with van der Waals surface area (Å²) in [5.74, 6) is 0. The van der Waals surface area contributed by atoms with Crippen molar-refractivity contribution in [1.29, 1.82) is 0 Å². The zero-order valence-corrected chi connectivity index (χ0v) is 20.5. The quantitative estimate of drug-likeness (QED) is 0.239. The molecule has 0 aliphatic carbocycles. The molecule has 0 saturated heterocycles. The number of rotatable bonds is 8. The summed E-state index contributed by atoms with van der Waals surface area (Å²) in [4.78, 5) is 26.5. The molecule has 6 heteroatoms. The summed E-state index contributed by atoms with van der Waals surface area (Å²) in [6, 6.07) is 15.6. The minimum Gasteiger partial charge on any atom is -0.265 e. The molecule has 5 aromatic heterocycles. The maximum absolute atomic E-state index is 5.03. The lowest BCUT2D eigenvalue weighted by atomic mass is 10.1. The zero-order chi connectivity index (χ0) is 25.8. The first-order valence-corrected chi connectivity index (χ1v) is 12.1. The van der Waals surface area contributed by atoms with Gasteiger partial charge >= 0.3 is 0 Å². The van der Waals surface area contributed by atoms with Crippen LogP contribution in [0.2, 0.25) is 0 Å². The molecule has 5 heterocycles. The lowest BCUT2D eigenvalue weighted by Crippen LogP contribution is -1.99. The normalized spacial score (nSPS) is 11.8. The Bertz CT molecular complexity index is 1340. The fourth-order valence-corrected chi connectivity index (χ4v) is 3.58. The fourth-order valence-electron chi connectivity index (χ4n) is 3.58. The third kappa shape index (κ3) is 6.86. The fraction of sp³-hybridized carbons (Fsp3) is 0. The van der Waals surface area contributed by atoms with Crippen LogP contribution in [0.15, 0.2) is 98.1 Å². The standard InChI is InChI=1S/C32H24N6/c1(25-9-17-33-18-10-25)5-29-30(6-2-26-11-19-34-20-12-26)38-32(8-4-28-15-23-36-24-16-28)31(37-29)7-3-27-13-21-35-22-14-27/h1-24H. The maximum Gasteiger partial charge on any atom is 0.0894 e. The van der Waals surface area contributed by atoms with Crippen molar-refractivity contribution >= 4 is 48.6 Å². The molecular weight excluding hydrogens is 468 g/mol. The van der Waals surface area contributed by atoms with E-state index in [1.807, 2.05) is 97.1 Å². The smallest absolute Gasteiger partial charge is 0.0894 e. The summed E-state index contributed by atoms with van der Waals surface area (Å²) in [5.41, 5.74) is 7.13. The maximum atomic E-state index is 5.03. The molecule has 5 rings (SSSR count). The molecule has 0 aromatic carbocycles. The summed E-state index contributed by atoms with van der Waals surface area (Å²) in [6.07, 6.45) is 30.1. The van der Waals surface area contributed by atoms with E-state index in [2.05, 4.69) is 19.9 Å². The van der Waals surface area contributed by atoms with E-state index in [4.69, 9.17) is 9.97 Å². The predicted octanol–water partition coefficient (Wildman–Crippen LogP) is 6.74. The monoisotopic (exact) mass is 492 g/mol. The Hall–Kier alpha value is -5.36. The summed E-state index contributed by atoms with van der Waals surface area (Å²) < 4.78 is 0. The van der Waals surface area contributed by atoms with Crippen LogP contribution in [-0.2, 0) is 0 Å². The number of pyridine rings is 4. The third-order valence-corrected chi connectivity index (χ3v) is 5.57. The molecular formula is C32H24N6. The van der Waals surface area contributed by atoms with E-state index in [1.54, 1.807) is 49.6 Å². The molecule has 0 fully saturated rings. The van der Waals surface area contributed by atoms with Crippen molar-refractivity contribution in [2.45, 2.75) is 0 Å². The van der Waals surface area contributed by atoms with Crippen molar-refractivity contribution in [3.05, 3.63) is 143 Å². The molecule has 0 amide bonds.